The van der Waals surface area contributed by atoms with Gasteiger partial charge in [0, 0.05) is 19.1 Å². The summed E-state index contributed by atoms with van der Waals surface area (Å²) < 4.78 is 38.2. The van der Waals surface area contributed by atoms with Gasteiger partial charge in [0.15, 0.2) is 0 Å². The molecule has 0 spiro atoms. The summed E-state index contributed by atoms with van der Waals surface area (Å²) in [6.07, 6.45) is 2.29. The van der Waals surface area contributed by atoms with Gasteiger partial charge in [-0.1, -0.05) is 25.0 Å². The molecule has 1 saturated carbocycles. The summed E-state index contributed by atoms with van der Waals surface area (Å²) >= 11 is 0. The molecule has 1 amide bonds. The number of amides is 1. The van der Waals surface area contributed by atoms with Crippen molar-refractivity contribution in [2.45, 2.75) is 62.8 Å². The normalized spacial score (nSPS) is 24.5. The van der Waals surface area contributed by atoms with Gasteiger partial charge >= 0.3 is 6.18 Å². The Morgan fingerprint density at radius 3 is 2.25 bits per heavy atom. The molecule has 1 aliphatic carbocycles. The van der Waals surface area contributed by atoms with E-state index in [0.29, 0.717) is 11.6 Å². The number of benzene rings is 1. The van der Waals surface area contributed by atoms with Gasteiger partial charge in [-0.2, -0.15) is 13.2 Å². The summed E-state index contributed by atoms with van der Waals surface area (Å²) in [5.74, 6) is -0.231. The van der Waals surface area contributed by atoms with Crippen LogP contribution < -0.4 is 5.73 Å². The van der Waals surface area contributed by atoms with E-state index in [2.05, 4.69) is 4.90 Å². The molecule has 1 aliphatic heterocycles. The lowest BCUT2D eigenvalue weighted by molar-refractivity contribution is -0.137. The molecule has 2 fully saturated rings. The van der Waals surface area contributed by atoms with E-state index in [1.807, 2.05) is 0 Å². The molecule has 1 heterocycles. The van der Waals surface area contributed by atoms with Gasteiger partial charge in [0.25, 0.3) is 0 Å². The number of halogens is 4. The lowest BCUT2D eigenvalue weighted by atomic mass is 9.87. The van der Waals surface area contributed by atoms with Gasteiger partial charge in [0.05, 0.1) is 5.56 Å². The number of likely N-dealkylation sites (tertiary alicyclic amines) is 1. The molecule has 0 bridgehead atoms. The molecule has 2 aliphatic rings. The topological polar surface area (TPSA) is 49.6 Å². The first-order valence-corrected chi connectivity index (χ1v) is 9.72. The van der Waals surface area contributed by atoms with Crippen molar-refractivity contribution in [1.29, 1.82) is 0 Å². The Kier molecular flexibility index (Phi) is 7.76. The van der Waals surface area contributed by atoms with Crippen molar-refractivity contribution >= 4 is 18.3 Å². The van der Waals surface area contributed by atoms with Gasteiger partial charge in [0.1, 0.15) is 6.04 Å². The van der Waals surface area contributed by atoms with E-state index in [-0.39, 0.29) is 24.4 Å². The highest BCUT2D eigenvalue weighted by Gasteiger charge is 2.37. The van der Waals surface area contributed by atoms with E-state index in [9.17, 15) is 18.0 Å². The Bertz CT molecular complexity index is 647. The zero-order chi connectivity index (χ0) is 19.6. The summed E-state index contributed by atoms with van der Waals surface area (Å²) in [6, 6.07) is 4.10. The average molecular weight is 420 g/mol. The first-order chi connectivity index (χ1) is 12.8. The van der Waals surface area contributed by atoms with E-state index >= 15 is 0 Å². The highest BCUT2D eigenvalue weighted by molar-refractivity contribution is 5.85. The molecule has 8 heteroatoms. The smallest absolute Gasteiger partial charge is 0.340 e. The van der Waals surface area contributed by atoms with Crippen molar-refractivity contribution in [3.05, 3.63) is 35.4 Å². The molecule has 0 radical (unpaired) electrons. The minimum absolute atomic E-state index is 0. The van der Waals surface area contributed by atoms with Crippen molar-refractivity contribution in [3.8, 4) is 0 Å². The fourth-order valence-electron chi connectivity index (χ4n) is 4.45. The zero-order valence-corrected chi connectivity index (χ0v) is 16.9. The number of hydrogen-bond acceptors (Lipinski definition) is 3. The van der Waals surface area contributed by atoms with Crippen molar-refractivity contribution in [1.82, 2.24) is 9.80 Å². The number of carbonyl (C=O) groups excluding carboxylic acids is 1. The van der Waals surface area contributed by atoms with Crippen molar-refractivity contribution in [2.24, 2.45) is 5.73 Å². The third-order valence-electron chi connectivity index (χ3n) is 6.01. The van der Waals surface area contributed by atoms with E-state index in [0.717, 1.165) is 44.5 Å². The second kappa shape index (κ2) is 9.46. The van der Waals surface area contributed by atoms with E-state index < -0.39 is 17.8 Å². The standard InChI is InChI=1S/C20H28F3N3O.ClH/c1-25(16-6-2-3-7-17(16)26-12-4-5-13-26)19(27)18(24)14-8-10-15(11-9-14)20(21,22)23;/h8-11,16-18H,2-7,12-13,24H2,1H3;1H/t16-,17-,18?;/m0./s1. The number of likely N-dealkylation sites (N-methyl/N-ethyl adjacent to an activating group) is 1. The van der Waals surface area contributed by atoms with Crippen molar-refractivity contribution < 1.29 is 18.0 Å². The van der Waals surface area contributed by atoms with E-state index in [4.69, 9.17) is 5.73 Å². The maximum Gasteiger partial charge on any atom is 0.416 e. The molecular formula is C20H29ClF3N3O. The molecule has 4 nitrogen and oxygen atoms in total. The number of alkyl halides is 3. The van der Waals surface area contributed by atoms with Gasteiger partial charge < -0.3 is 10.6 Å². The molecule has 3 atom stereocenters. The first-order valence-electron chi connectivity index (χ1n) is 9.72. The fourth-order valence-corrected chi connectivity index (χ4v) is 4.45. The molecule has 158 valence electrons. The van der Waals surface area contributed by atoms with Crippen LogP contribution in [0, 0.1) is 0 Å². The van der Waals surface area contributed by atoms with E-state index in [1.165, 1.54) is 31.4 Å². The number of nitrogens with two attached hydrogens (primary N) is 1. The third-order valence-corrected chi connectivity index (χ3v) is 6.01. The molecule has 1 unspecified atom stereocenters. The first kappa shape index (κ1) is 23.0. The quantitative estimate of drug-likeness (QED) is 0.802. The predicted molar refractivity (Wildman–Crippen MR) is 105 cm³/mol. The predicted octanol–water partition coefficient (Wildman–Crippen LogP) is 3.99. The van der Waals surface area contributed by atoms with Gasteiger partial charge in [-0.05, 0) is 56.5 Å². The van der Waals surface area contributed by atoms with Crippen LogP contribution in [-0.2, 0) is 11.0 Å². The summed E-state index contributed by atoms with van der Waals surface area (Å²) in [5.41, 5.74) is 5.79. The molecule has 1 saturated heterocycles. The highest BCUT2D eigenvalue weighted by Crippen LogP contribution is 2.32. The Hall–Kier alpha value is -1.31. The van der Waals surface area contributed by atoms with Crippen LogP contribution in [0.5, 0.6) is 0 Å². The van der Waals surface area contributed by atoms with Crippen LogP contribution in [-0.4, -0.2) is 47.9 Å². The highest BCUT2D eigenvalue weighted by atomic mass is 35.5. The summed E-state index contributed by atoms with van der Waals surface area (Å²) in [6.45, 7) is 2.16. The van der Waals surface area contributed by atoms with Crippen LogP contribution in [0.4, 0.5) is 13.2 Å². The maximum absolute atomic E-state index is 12.9. The van der Waals surface area contributed by atoms with Crippen molar-refractivity contribution in [2.75, 3.05) is 20.1 Å². The number of hydrogen-bond donors (Lipinski definition) is 1. The monoisotopic (exact) mass is 419 g/mol. The van der Waals surface area contributed by atoms with Crippen LogP contribution >= 0.6 is 12.4 Å². The van der Waals surface area contributed by atoms with Gasteiger partial charge in [-0.25, -0.2) is 0 Å². The molecule has 1 aromatic carbocycles. The lowest BCUT2D eigenvalue weighted by Crippen LogP contribution is -2.54. The van der Waals surface area contributed by atoms with Crippen LogP contribution in [0.15, 0.2) is 24.3 Å². The van der Waals surface area contributed by atoms with E-state index in [1.54, 1.807) is 11.9 Å². The maximum atomic E-state index is 12.9. The Morgan fingerprint density at radius 1 is 1.11 bits per heavy atom. The molecule has 3 rings (SSSR count). The van der Waals surface area contributed by atoms with Gasteiger partial charge in [-0.3, -0.25) is 9.69 Å². The van der Waals surface area contributed by atoms with Crippen LogP contribution in [0.3, 0.4) is 0 Å². The van der Waals surface area contributed by atoms with Crippen LogP contribution in [0.25, 0.3) is 0 Å². The minimum Gasteiger partial charge on any atom is -0.340 e. The number of carbonyl (C=O) groups is 1. The molecule has 2 N–H and O–H groups in total. The van der Waals surface area contributed by atoms with Gasteiger partial charge in [0.2, 0.25) is 5.91 Å². The zero-order valence-electron chi connectivity index (χ0n) is 16.1. The Morgan fingerprint density at radius 2 is 1.68 bits per heavy atom. The summed E-state index contributed by atoms with van der Waals surface area (Å²) in [4.78, 5) is 17.2. The Balaban J connectivity index is 0.00000280. The molecule has 28 heavy (non-hydrogen) atoms. The molecule has 0 aromatic heterocycles. The van der Waals surface area contributed by atoms with Gasteiger partial charge in [-0.15, -0.1) is 12.4 Å². The second-order valence-corrected chi connectivity index (χ2v) is 7.71. The third kappa shape index (κ3) is 4.99. The average Bonchev–Trinajstić information content (AvgIpc) is 3.20. The second-order valence-electron chi connectivity index (χ2n) is 7.71. The fraction of sp³-hybridized carbons (Fsp3) is 0.650. The summed E-state index contributed by atoms with van der Waals surface area (Å²) in [7, 11) is 1.78. The number of nitrogens with zero attached hydrogens (tertiary/aromatic N) is 2. The molecular weight excluding hydrogens is 391 g/mol. The lowest BCUT2D eigenvalue weighted by Gasteiger charge is -2.43. The van der Waals surface area contributed by atoms with Crippen LogP contribution in [0.1, 0.15) is 55.7 Å². The van der Waals surface area contributed by atoms with Crippen LogP contribution in [0.2, 0.25) is 0 Å². The molecule has 1 aromatic rings. The minimum atomic E-state index is -4.39. The van der Waals surface area contributed by atoms with Crippen molar-refractivity contribution in [3.63, 3.8) is 0 Å². The largest absolute Gasteiger partial charge is 0.416 e. The number of rotatable bonds is 4. The SMILES string of the molecule is CN(C(=O)C(N)c1ccc(C(F)(F)F)cc1)[C@H]1CCCC[C@@H]1N1CCCC1.Cl. The Labute approximate surface area is 170 Å². The summed E-state index contributed by atoms with van der Waals surface area (Å²) in [5, 5.41) is 0.